The van der Waals surface area contributed by atoms with Crippen molar-refractivity contribution in [2.45, 2.75) is 32.2 Å². The number of nitrogens with one attached hydrogen (secondary N) is 1. The van der Waals surface area contributed by atoms with Gasteiger partial charge in [0.1, 0.15) is 0 Å². The number of methoxy groups -OCH3 is 1. The molecule has 9 nitrogen and oxygen atoms in total. The fourth-order valence-electron chi connectivity index (χ4n) is 3.69. The first-order valence-electron chi connectivity index (χ1n) is 10.2. The first-order valence-corrected chi connectivity index (χ1v) is 10.2. The molecule has 0 aliphatic carbocycles. The Balaban J connectivity index is 1.60. The summed E-state index contributed by atoms with van der Waals surface area (Å²) < 4.78 is 9.97. The molecule has 162 valence electrons. The lowest BCUT2D eigenvalue weighted by Crippen LogP contribution is -2.46. The molecular weight excluding hydrogens is 390 g/mol. The van der Waals surface area contributed by atoms with E-state index in [9.17, 15) is 19.2 Å². The second kappa shape index (κ2) is 9.71. The Bertz CT molecular complexity index is 832. The number of ether oxygens (including phenoxy) is 2. The molecular formula is C21H27N3O6. The summed E-state index contributed by atoms with van der Waals surface area (Å²) >= 11 is 0. The number of fused-ring (bicyclic) bond motifs is 1. The van der Waals surface area contributed by atoms with Gasteiger partial charge in [0, 0.05) is 45.0 Å². The van der Waals surface area contributed by atoms with Gasteiger partial charge in [-0.2, -0.15) is 0 Å². The SMILES string of the molecule is CCOC(=O)N1CCC(NC(=O)c2ccc3c(c2)C(=O)N(CCCOC)C3=O)CC1. The van der Waals surface area contributed by atoms with Gasteiger partial charge in [-0.3, -0.25) is 19.3 Å². The average molecular weight is 417 g/mol. The van der Waals surface area contributed by atoms with Crippen LogP contribution < -0.4 is 5.32 Å². The largest absolute Gasteiger partial charge is 0.450 e. The van der Waals surface area contributed by atoms with Gasteiger partial charge < -0.3 is 19.7 Å². The van der Waals surface area contributed by atoms with E-state index in [-0.39, 0.29) is 42.0 Å². The maximum absolute atomic E-state index is 12.7. The molecule has 1 N–H and O–H groups in total. The highest BCUT2D eigenvalue weighted by atomic mass is 16.6. The minimum atomic E-state index is -0.386. The molecule has 1 saturated heterocycles. The van der Waals surface area contributed by atoms with E-state index >= 15 is 0 Å². The highest BCUT2D eigenvalue weighted by molar-refractivity contribution is 6.22. The molecule has 9 heteroatoms. The van der Waals surface area contributed by atoms with E-state index in [4.69, 9.17) is 9.47 Å². The Kier molecular flexibility index (Phi) is 7.04. The van der Waals surface area contributed by atoms with Crippen LogP contribution in [0.25, 0.3) is 0 Å². The third-order valence-corrected chi connectivity index (χ3v) is 5.32. The zero-order chi connectivity index (χ0) is 21.7. The summed E-state index contributed by atoms with van der Waals surface area (Å²) in [5.41, 5.74) is 0.903. The predicted octanol–water partition coefficient (Wildman–Crippen LogP) is 1.67. The lowest BCUT2D eigenvalue weighted by Gasteiger charge is -2.31. The summed E-state index contributed by atoms with van der Waals surface area (Å²) in [7, 11) is 1.56. The van der Waals surface area contributed by atoms with Crippen molar-refractivity contribution in [2.24, 2.45) is 0 Å². The van der Waals surface area contributed by atoms with E-state index in [1.165, 1.54) is 17.0 Å². The topological polar surface area (TPSA) is 105 Å². The normalized spacial score (nSPS) is 16.6. The first kappa shape index (κ1) is 21.8. The van der Waals surface area contributed by atoms with Crippen LogP contribution in [0.3, 0.4) is 0 Å². The van der Waals surface area contributed by atoms with Crippen molar-refractivity contribution in [3.05, 3.63) is 34.9 Å². The Morgan fingerprint density at radius 2 is 1.83 bits per heavy atom. The molecule has 0 radical (unpaired) electrons. The van der Waals surface area contributed by atoms with Gasteiger partial charge in [0.2, 0.25) is 0 Å². The third kappa shape index (κ3) is 4.62. The molecule has 2 aliphatic rings. The number of likely N-dealkylation sites (tertiary alicyclic amines) is 1. The molecule has 1 fully saturated rings. The summed E-state index contributed by atoms with van der Waals surface area (Å²) in [4.78, 5) is 52.3. The van der Waals surface area contributed by atoms with Gasteiger partial charge in [-0.05, 0) is 44.4 Å². The zero-order valence-corrected chi connectivity index (χ0v) is 17.3. The minimum absolute atomic E-state index is 0.0701. The zero-order valence-electron chi connectivity index (χ0n) is 17.3. The summed E-state index contributed by atoms with van der Waals surface area (Å²) in [5, 5.41) is 2.95. The van der Waals surface area contributed by atoms with Gasteiger partial charge in [0.15, 0.2) is 0 Å². The second-order valence-corrected chi connectivity index (χ2v) is 7.30. The smallest absolute Gasteiger partial charge is 0.409 e. The minimum Gasteiger partial charge on any atom is -0.450 e. The molecule has 2 heterocycles. The molecule has 1 aromatic rings. The number of rotatable bonds is 7. The van der Waals surface area contributed by atoms with Crippen LogP contribution >= 0.6 is 0 Å². The van der Waals surface area contributed by atoms with Crippen molar-refractivity contribution in [3.8, 4) is 0 Å². The van der Waals surface area contributed by atoms with Crippen LogP contribution in [0.1, 0.15) is 57.3 Å². The van der Waals surface area contributed by atoms with Crippen LogP contribution in [0, 0.1) is 0 Å². The quantitative estimate of drug-likeness (QED) is 0.534. The molecule has 30 heavy (non-hydrogen) atoms. The number of piperidine rings is 1. The van der Waals surface area contributed by atoms with Crippen LogP contribution in [0.15, 0.2) is 18.2 Å². The van der Waals surface area contributed by atoms with Crippen LogP contribution in [-0.2, 0) is 9.47 Å². The monoisotopic (exact) mass is 417 g/mol. The van der Waals surface area contributed by atoms with Crippen molar-refractivity contribution in [2.75, 3.05) is 40.0 Å². The molecule has 0 aromatic heterocycles. The Morgan fingerprint density at radius 1 is 1.13 bits per heavy atom. The number of benzene rings is 1. The van der Waals surface area contributed by atoms with Gasteiger partial charge in [0.05, 0.1) is 17.7 Å². The molecule has 0 unspecified atom stereocenters. The van der Waals surface area contributed by atoms with E-state index in [2.05, 4.69) is 5.32 Å². The standard InChI is InChI=1S/C21H27N3O6/c1-3-30-21(28)23-10-7-15(8-11-23)22-18(25)14-5-6-16-17(13-14)20(27)24(19(16)26)9-4-12-29-2/h5-6,13,15H,3-4,7-12H2,1-2H3,(H,22,25). The van der Waals surface area contributed by atoms with E-state index < -0.39 is 0 Å². The van der Waals surface area contributed by atoms with Gasteiger partial charge in [-0.15, -0.1) is 0 Å². The van der Waals surface area contributed by atoms with Crippen molar-refractivity contribution in [1.82, 2.24) is 15.1 Å². The van der Waals surface area contributed by atoms with Gasteiger partial charge >= 0.3 is 6.09 Å². The van der Waals surface area contributed by atoms with Crippen molar-refractivity contribution in [3.63, 3.8) is 0 Å². The van der Waals surface area contributed by atoms with E-state index in [0.717, 1.165) is 0 Å². The average Bonchev–Trinajstić information content (AvgIpc) is 2.99. The van der Waals surface area contributed by atoms with Crippen LogP contribution in [0.4, 0.5) is 4.79 Å². The Morgan fingerprint density at radius 3 is 2.50 bits per heavy atom. The summed E-state index contributed by atoms with van der Waals surface area (Å²) in [6.45, 7) is 3.85. The van der Waals surface area contributed by atoms with Gasteiger partial charge in [-0.25, -0.2) is 4.79 Å². The number of hydrogen-bond acceptors (Lipinski definition) is 6. The Labute approximate surface area is 175 Å². The van der Waals surface area contributed by atoms with Crippen molar-refractivity contribution < 1.29 is 28.7 Å². The third-order valence-electron chi connectivity index (χ3n) is 5.32. The summed E-state index contributed by atoms with van der Waals surface area (Å²) in [5.74, 6) is -1.03. The van der Waals surface area contributed by atoms with Crippen molar-refractivity contribution in [1.29, 1.82) is 0 Å². The number of hydrogen-bond donors (Lipinski definition) is 1. The maximum atomic E-state index is 12.7. The second-order valence-electron chi connectivity index (χ2n) is 7.30. The lowest BCUT2D eigenvalue weighted by molar-refractivity contribution is 0.0638. The number of carbonyl (C=O) groups is 4. The van der Waals surface area contributed by atoms with E-state index in [1.54, 1.807) is 25.0 Å². The lowest BCUT2D eigenvalue weighted by atomic mass is 10.0. The first-order chi connectivity index (χ1) is 14.5. The molecule has 0 spiro atoms. The molecule has 2 aliphatic heterocycles. The highest BCUT2D eigenvalue weighted by Crippen LogP contribution is 2.24. The van der Waals surface area contributed by atoms with E-state index in [0.29, 0.717) is 56.7 Å². The predicted molar refractivity (Wildman–Crippen MR) is 107 cm³/mol. The molecule has 0 saturated carbocycles. The molecule has 0 bridgehead atoms. The van der Waals surface area contributed by atoms with Crippen LogP contribution in [0.5, 0.6) is 0 Å². The highest BCUT2D eigenvalue weighted by Gasteiger charge is 2.35. The molecule has 1 aromatic carbocycles. The molecule has 4 amide bonds. The molecule has 0 atom stereocenters. The van der Waals surface area contributed by atoms with E-state index in [1.807, 2.05) is 0 Å². The van der Waals surface area contributed by atoms with Gasteiger partial charge in [-0.1, -0.05) is 0 Å². The molecule has 3 rings (SSSR count). The summed E-state index contributed by atoms with van der Waals surface area (Å²) in [6, 6.07) is 4.50. The maximum Gasteiger partial charge on any atom is 0.409 e. The van der Waals surface area contributed by atoms with Gasteiger partial charge in [0.25, 0.3) is 17.7 Å². The fraction of sp³-hybridized carbons (Fsp3) is 0.524. The van der Waals surface area contributed by atoms with Crippen LogP contribution in [0.2, 0.25) is 0 Å². The number of nitrogens with zero attached hydrogens (tertiary/aromatic N) is 2. The Hall–Kier alpha value is -2.94. The number of carbonyl (C=O) groups excluding carboxylic acids is 4. The summed E-state index contributed by atoms with van der Waals surface area (Å²) in [6.07, 6.45) is 1.47. The number of imide groups is 1. The van der Waals surface area contributed by atoms with Crippen LogP contribution in [-0.4, -0.2) is 79.6 Å². The van der Waals surface area contributed by atoms with Crippen molar-refractivity contribution >= 4 is 23.8 Å². The number of amides is 4. The fourth-order valence-corrected chi connectivity index (χ4v) is 3.69.